The first kappa shape index (κ1) is 14.1. The van der Waals surface area contributed by atoms with Gasteiger partial charge in [0.15, 0.2) is 11.9 Å². The van der Waals surface area contributed by atoms with Gasteiger partial charge in [0.05, 0.1) is 0 Å². The number of aromatic nitrogens is 2. The molecule has 5 nitrogen and oxygen atoms in total. The average molecular weight is 273 g/mol. The van der Waals surface area contributed by atoms with Gasteiger partial charge in [0.1, 0.15) is 5.75 Å². The zero-order valence-electron chi connectivity index (χ0n) is 11.9. The molecule has 0 aliphatic rings. The van der Waals surface area contributed by atoms with Crippen LogP contribution in [0.5, 0.6) is 5.75 Å². The maximum Gasteiger partial charge on any atom is 0.266 e. The molecule has 0 aliphatic carbocycles. The summed E-state index contributed by atoms with van der Waals surface area (Å²) in [6.45, 7) is 5.71. The van der Waals surface area contributed by atoms with Crippen LogP contribution in [0.2, 0.25) is 0 Å². The molecule has 0 saturated carbocycles. The van der Waals surface area contributed by atoms with Crippen LogP contribution in [0.1, 0.15) is 25.1 Å². The van der Waals surface area contributed by atoms with Crippen molar-refractivity contribution in [1.29, 1.82) is 0 Å². The number of nitrogens with zero attached hydrogens (tertiary/aromatic N) is 1. The topological polar surface area (TPSA) is 67.0 Å². The number of carbonyl (C=O) groups is 1. The lowest BCUT2D eigenvalue weighted by molar-refractivity contribution is -0.122. The van der Waals surface area contributed by atoms with Crippen LogP contribution in [0.3, 0.4) is 0 Å². The minimum atomic E-state index is -0.585. The van der Waals surface area contributed by atoms with Crippen LogP contribution in [0.15, 0.2) is 30.3 Å². The van der Waals surface area contributed by atoms with Gasteiger partial charge in [-0.25, -0.2) is 0 Å². The zero-order valence-corrected chi connectivity index (χ0v) is 11.9. The fraction of sp³-hybridized carbons (Fsp3) is 0.333. The molecule has 20 heavy (non-hydrogen) atoms. The molecular formula is C15H19N3O2. The molecular weight excluding hydrogens is 254 g/mol. The van der Waals surface area contributed by atoms with Gasteiger partial charge in [-0.3, -0.25) is 9.89 Å². The molecule has 1 atom stereocenters. The molecule has 0 bridgehead atoms. The molecule has 0 radical (unpaired) electrons. The second-order valence-electron chi connectivity index (χ2n) is 4.70. The van der Waals surface area contributed by atoms with Gasteiger partial charge in [-0.1, -0.05) is 19.1 Å². The summed E-state index contributed by atoms with van der Waals surface area (Å²) < 4.78 is 5.61. The lowest BCUT2D eigenvalue weighted by Gasteiger charge is -2.14. The van der Waals surface area contributed by atoms with E-state index in [1.807, 2.05) is 44.2 Å². The van der Waals surface area contributed by atoms with Crippen LogP contribution in [0, 0.1) is 6.92 Å². The van der Waals surface area contributed by atoms with Crippen LogP contribution in [0.4, 0.5) is 5.82 Å². The van der Waals surface area contributed by atoms with E-state index in [1.165, 1.54) is 0 Å². The standard InChI is InChI=1S/C15H19N3O2/c1-4-12-9-14(18-17-12)16-15(19)11(3)20-13-7-5-6-10(2)8-13/h5-9,11H,4H2,1-3H3,(H2,16,17,18,19). The fourth-order valence-electron chi connectivity index (χ4n) is 1.78. The number of amides is 1. The summed E-state index contributed by atoms with van der Waals surface area (Å²) >= 11 is 0. The van der Waals surface area contributed by atoms with E-state index >= 15 is 0 Å². The van der Waals surface area contributed by atoms with E-state index in [1.54, 1.807) is 6.92 Å². The van der Waals surface area contributed by atoms with E-state index in [4.69, 9.17) is 4.74 Å². The van der Waals surface area contributed by atoms with E-state index in [-0.39, 0.29) is 5.91 Å². The molecule has 0 fully saturated rings. The molecule has 1 heterocycles. The van der Waals surface area contributed by atoms with Gasteiger partial charge in [-0.15, -0.1) is 0 Å². The van der Waals surface area contributed by atoms with Crippen molar-refractivity contribution in [2.75, 3.05) is 5.32 Å². The lowest BCUT2D eigenvalue weighted by Crippen LogP contribution is -2.30. The third-order valence-corrected chi connectivity index (χ3v) is 2.93. The van der Waals surface area contributed by atoms with Gasteiger partial charge < -0.3 is 10.1 Å². The number of hydrogen-bond acceptors (Lipinski definition) is 3. The maximum atomic E-state index is 12.0. The van der Waals surface area contributed by atoms with Crippen molar-refractivity contribution in [2.45, 2.75) is 33.3 Å². The second kappa shape index (κ2) is 6.23. The third-order valence-electron chi connectivity index (χ3n) is 2.93. The SMILES string of the molecule is CCc1cc(NC(=O)C(C)Oc2cccc(C)c2)n[nH]1. The van der Waals surface area contributed by atoms with Crippen molar-refractivity contribution in [3.63, 3.8) is 0 Å². The Kier molecular flexibility index (Phi) is 4.40. The van der Waals surface area contributed by atoms with Crippen LogP contribution in [-0.2, 0) is 11.2 Å². The summed E-state index contributed by atoms with van der Waals surface area (Å²) in [7, 11) is 0. The second-order valence-corrected chi connectivity index (χ2v) is 4.70. The summed E-state index contributed by atoms with van der Waals surface area (Å²) in [6, 6.07) is 9.43. The minimum Gasteiger partial charge on any atom is -0.481 e. The summed E-state index contributed by atoms with van der Waals surface area (Å²) in [5.74, 6) is 0.983. The van der Waals surface area contributed by atoms with Crippen molar-refractivity contribution in [2.24, 2.45) is 0 Å². The normalized spacial score (nSPS) is 11.9. The number of ether oxygens (including phenoxy) is 1. The number of anilines is 1. The zero-order chi connectivity index (χ0) is 14.5. The number of H-pyrrole nitrogens is 1. The Bertz CT molecular complexity index is 592. The van der Waals surface area contributed by atoms with Crippen molar-refractivity contribution >= 4 is 11.7 Å². The van der Waals surface area contributed by atoms with Crippen LogP contribution in [-0.4, -0.2) is 22.2 Å². The highest BCUT2D eigenvalue weighted by Gasteiger charge is 2.16. The van der Waals surface area contributed by atoms with Crippen LogP contribution < -0.4 is 10.1 Å². The molecule has 1 unspecified atom stereocenters. The highest BCUT2D eigenvalue weighted by atomic mass is 16.5. The number of hydrogen-bond donors (Lipinski definition) is 2. The van der Waals surface area contributed by atoms with Gasteiger partial charge in [0.25, 0.3) is 5.91 Å². The smallest absolute Gasteiger partial charge is 0.266 e. The predicted molar refractivity (Wildman–Crippen MR) is 77.9 cm³/mol. The number of aryl methyl sites for hydroxylation is 2. The Hall–Kier alpha value is -2.30. The summed E-state index contributed by atoms with van der Waals surface area (Å²) in [5, 5.41) is 9.59. The van der Waals surface area contributed by atoms with Gasteiger partial charge >= 0.3 is 0 Å². The first-order valence-corrected chi connectivity index (χ1v) is 6.67. The molecule has 2 rings (SSSR count). The third kappa shape index (κ3) is 3.60. The Morgan fingerprint density at radius 1 is 1.45 bits per heavy atom. The Balaban J connectivity index is 1.95. The highest BCUT2D eigenvalue weighted by Crippen LogP contribution is 2.15. The monoisotopic (exact) mass is 273 g/mol. The van der Waals surface area contributed by atoms with Gasteiger partial charge in [0, 0.05) is 11.8 Å². The molecule has 2 N–H and O–H groups in total. The van der Waals surface area contributed by atoms with Crippen molar-refractivity contribution < 1.29 is 9.53 Å². The van der Waals surface area contributed by atoms with Gasteiger partial charge in [-0.05, 0) is 38.0 Å². The van der Waals surface area contributed by atoms with Crippen LogP contribution >= 0.6 is 0 Å². The number of aromatic amines is 1. The van der Waals surface area contributed by atoms with E-state index < -0.39 is 6.10 Å². The molecule has 0 spiro atoms. The summed E-state index contributed by atoms with van der Waals surface area (Å²) in [4.78, 5) is 12.0. The van der Waals surface area contributed by atoms with E-state index in [0.717, 1.165) is 17.7 Å². The first-order chi connectivity index (χ1) is 9.58. The molecule has 1 aromatic heterocycles. The van der Waals surface area contributed by atoms with Crippen molar-refractivity contribution in [3.8, 4) is 5.75 Å². The number of rotatable bonds is 5. The first-order valence-electron chi connectivity index (χ1n) is 6.67. The predicted octanol–water partition coefficient (Wildman–Crippen LogP) is 2.69. The van der Waals surface area contributed by atoms with Gasteiger partial charge in [0.2, 0.25) is 0 Å². The van der Waals surface area contributed by atoms with Gasteiger partial charge in [-0.2, -0.15) is 5.10 Å². The molecule has 0 aliphatic heterocycles. The molecule has 5 heteroatoms. The molecule has 0 saturated heterocycles. The summed E-state index contributed by atoms with van der Waals surface area (Å²) in [5.41, 5.74) is 2.07. The highest BCUT2D eigenvalue weighted by molar-refractivity contribution is 5.93. The summed E-state index contributed by atoms with van der Waals surface area (Å²) in [6.07, 6.45) is 0.261. The number of carbonyl (C=O) groups excluding carboxylic acids is 1. The molecule has 1 amide bonds. The Morgan fingerprint density at radius 2 is 2.25 bits per heavy atom. The van der Waals surface area contributed by atoms with E-state index in [9.17, 15) is 4.79 Å². The van der Waals surface area contributed by atoms with Crippen molar-refractivity contribution in [3.05, 3.63) is 41.6 Å². The fourth-order valence-corrected chi connectivity index (χ4v) is 1.78. The molecule has 1 aromatic carbocycles. The number of nitrogens with one attached hydrogen (secondary N) is 2. The number of benzene rings is 1. The maximum absolute atomic E-state index is 12.0. The molecule has 106 valence electrons. The van der Waals surface area contributed by atoms with E-state index in [0.29, 0.717) is 11.6 Å². The lowest BCUT2D eigenvalue weighted by atomic mass is 10.2. The van der Waals surface area contributed by atoms with Crippen LogP contribution in [0.25, 0.3) is 0 Å². The quantitative estimate of drug-likeness (QED) is 0.880. The van der Waals surface area contributed by atoms with Crippen molar-refractivity contribution in [1.82, 2.24) is 10.2 Å². The Morgan fingerprint density at radius 3 is 2.90 bits per heavy atom. The van der Waals surface area contributed by atoms with E-state index in [2.05, 4.69) is 15.5 Å². The average Bonchev–Trinajstić information content (AvgIpc) is 2.86. The Labute approximate surface area is 118 Å². The minimum absolute atomic E-state index is 0.222. The molecule has 2 aromatic rings. The largest absolute Gasteiger partial charge is 0.481 e.